The molecule has 31 heavy (non-hydrogen) atoms. The van der Waals surface area contributed by atoms with Crippen molar-refractivity contribution >= 4 is 29.1 Å². The number of hydrogen-bond acceptors (Lipinski definition) is 6. The van der Waals surface area contributed by atoms with Gasteiger partial charge in [0.1, 0.15) is 5.76 Å². The highest BCUT2D eigenvalue weighted by atomic mass is 35.5. The van der Waals surface area contributed by atoms with Gasteiger partial charge in [0.25, 0.3) is 11.7 Å². The van der Waals surface area contributed by atoms with Gasteiger partial charge in [-0.3, -0.25) is 9.59 Å². The molecule has 2 aromatic carbocycles. The summed E-state index contributed by atoms with van der Waals surface area (Å²) in [5, 5.41) is 11.4. The normalized spacial score (nSPS) is 17.8. The number of methoxy groups -OCH3 is 3. The van der Waals surface area contributed by atoms with Gasteiger partial charge in [-0.2, -0.15) is 0 Å². The number of carbonyl (C=O) groups is 2. The quantitative estimate of drug-likeness (QED) is 0.288. The second-order valence-corrected chi connectivity index (χ2v) is 7.40. The first-order chi connectivity index (χ1) is 14.9. The largest absolute Gasteiger partial charge is 0.507 e. The first kappa shape index (κ1) is 22.7. The first-order valence-corrected chi connectivity index (χ1v) is 10.1. The van der Waals surface area contributed by atoms with Gasteiger partial charge >= 0.3 is 0 Å². The molecule has 0 bridgehead atoms. The van der Waals surface area contributed by atoms with E-state index in [9.17, 15) is 14.7 Å². The number of ketones is 1. The molecule has 1 unspecified atom stereocenters. The monoisotopic (exact) mass is 445 g/mol. The fourth-order valence-electron chi connectivity index (χ4n) is 3.65. The highest BCUT2D eigenvalue weighted by Crippen LogP contribution is 2.42. The van der Waals surface area contributed by atoms with Crippen molar-refractivity contribution in [1.82, 2.24) is 4.90 Å². The minimum atomic E-state index is -0.796. The number of Topliss-reactive ketones (excluding diaryl/α,β-unsaturated/α-hetero) is 1. The Hall–Kier alpha value is -3.03. The van der Waals surface area contributed by atoms with Crippen LogP contribution in [0.1, 0.15) is 23.6 Å². The van der Waals surface area contributed by atoms with Crippen molar-refractivity contribution < 1.29 is 28.9 Å². The van der Waals surface area contributed by atoms with Gasteiger partial charge in [0.05, 0.1) is 25.8 Å². The predicted octanol–water partition coefficient (Wildman–Crippen LogP) is 3.82. The SMILES string of the molecule is COCCCN1C(=O)C(=O)/C(=C(\O)c2cccc(Cl)c2)C1c1ccc(OC)c(OC)c1. The zero-order chi connectivity index (χ0) is 22.5. The molecule has 1 aliphatic rings. The standard InChI is InChI=1S/C23H24ClNO6/c1-29-11-5-10-25-20(14-8-9-17(30-2)18(13-14)31-3)19(22(27)23(25)28)21(26)15-6-4-7-16(24)12-15/h4,6-9,12-13,20,26H,5,10-11H2,1-3H3/b21-19-. The van der Waals surface area contributed by atoms with Crippen LogP contribution in [0.25, 0.3) is 5.76 Å². The molecule has 1 atom stereocenters. The van der Waals surface area contributed by atoms with E-state index in [-0.39, 0.29) is 17.9 Å². The maximum atomic E-state index is 13.0. The number of carbonyl (C=O) groups excluding carboxylic acids is 2. The Kier molecular flexibility index (Phi) is 7.20. The number of likely N-dealkylation sites (tertiary alicyclic amines) is 1. The minimum Gasteiger partial charge on any atom is -0.507 e. The van der Waals surface area contributed by atoms with E-state index in [2.05, 4.69) is 0 Å². The number of rotatable bonds is 8. The Morgan fingerprint density at radius 3 is 2.45 bits per heavy atom. The summed E-state index contributed by atoms with van der Waals surface area (Å²) < 4.78 is 15.8. The molecule has 0 aromatic heterocycles. The van der Waals surface area contributed by atoms with Crippen LogP contribution in [0.15, 0.2) is 48.0 Å². The minimum absolute atomic E-state index is 0.00287. The first-order valence-electron chi connectivity index (χ1n) is 9.68. The zero-order valence-electron chi connectivity index (χ0n) is 17.6. The molecule has 0 saturated carbocycles. The summed E-state index contributed by atoms with van der Waals surface area (Å²) in [6, 6.07) is 10.8. The van der Waals surface area contributed by atoms with Crippen LogP contribution in [0.5, 0.6) is 11.5 Å². The van der Waals surface area contributed by atoms with Gasteiger partial charge in [0.2, 0.25) is 0 Å². The summed E-state index contributed by atoms with van der Waals surface area (Å²) in [4.78, 5) is 27.3. The van der Waals surface area contributed by atoms with Crippen molar-refractivity contribution in [2.24, 2.45) is 0 Å². The van der Waals surface area contributed by atoms with Gasteiger partial charge in [-0.05, 0) is 36.2 Å². The number of ether oxygens (including phenoxy) is 3. The lowest BCUT2D eigenvalue weighted by Gasteiger charge is -2.26. The molecule has 1 amide bonds. The van der Waals surface area contributed by atoms with Crippen LogP contribution in [0.2, 0.25) is 5.02 Å². The van der Waals surface area contributed by atoms with Crippen LogP contribution in [-0.4, -0.2) is 56.2 Å². The van der Waals surface area contributed by atoms with Crippen molar-refractivity contribution in [2.45, 2.75) is 12.5 Å². The smallest absolute Gasteiger partial charge is 0.295 e. The summed E-state index contributed by atoms with van der Waals surface area (Å²) in [7, 11) is 4.59. The molecule has 1 N–H and O–H groups in total. The molecule has 2 aromatic rings. The van der Waals surface area contributed by atoms with E-state index in [4.69, 9.17) is 25.8 Å². The van der Waals surface area contributed by atoms with Crippen LogP contribution in [0.3, 0.4) is 0 Å². The van der Waals surface area contributed by atoms with Crippen LogP contribution < -0.4 is 9.47 Å². The van der Waals surface area contributed by atoms with Crippen LogP contribution in [0.4, 0.5) is 0 Å². The highest BCUT2D eigenvalue weighted by Gasteiger charge is 2.46. The topological polar surface area (TPSA) is 85.3 Å². The second-order valence-electron chi connectivity index (χ2n) is 6.96. The molecule has 164 valence electrons. The fraction of sp³-hybridized carbons (Fsp3) is 0.304. The Morgan fingerprint density at radius 1 is 1.06 bits per heavy atom. The third-order valence-corrected chi connectivity index (χ3v) is 5.34. The van der Waals surface area contributed by atoms with Crippen molar-refractivity contribution in [3.63, 3.8) is 0 Å². The van der Waals surface area contributed by atoms with E-state index < -0.39 is 17.7 Å². The lowest BCUT2D eigenvalue weighted by atomic mass is 9.95. The lowest BCUT2D eigenvalue weighted by Crippen LogP contribution is -2.31. The maximum Gasteiger partial charge on any atom is 0.295 e. The number of benzene rings is 2. The summed E-state index contributed by atoms with van der Waals surface area (Å²) >= 11 is 6.06. The number of nitrogens with zero attached hydrogens (tertiary/aromatic N) is 1. The van der Waals surface area contributed by atoms with Crippen LogP contribution in [0, 0.1) is 0 Å². The number of halogens is 1. The average molecular weight is 446 g/mol. The molecule has 8 heteroatoms. The summed E-state index contributed by atoms with van der Waals surface area (Å²) in [6.45, 7) is 0.708. The molecule has 0 spiro atoms. The average Bonchev–Trinajstić information content (AvgIpc) is 3.03. The summed E-state index contributed by atoms with van der Waals surface area (Å²) in [5.41, 5.74) is 0.961. The third kappa shape index (κ3) is 4.52. The lowest BCUT2D eigenvalue weighted by molar-refractivity contribution is -0.140. The molecular formula is C23H24ClNO6. The summed E-state index contributed by atoms with van der Waals surface area (Å²) in [5.74, 6) is -0.758. The number of hydrogen-bond donors (Lipinski definition) is 1. The molecule has 1 heterocycles. The van der Waals surface area contributed by atoms with E-state index in [1.54, 1.807) is 49.6 Å². The van der Waals surface area contributed by atoms with Gasteiger partial charge in [-0.1, -0.05) is 29.8 Å². The van der Waals surface area contributed by atoms with Crippen LogP contribution in [-0.2, 0) is 14.3 Å². The number of amides is 1. The van der Waals surface area contributed by atoms with Gasteiger partial charge in [0.15, 0.2) is 11.5 Å². The number of aliphatic hydroxyl groups excluding tert-OH is 1. The summed E-state index contributed by atoms with van der Waals surface area (Å²) in [6.07, 6.45) is 0.532. The van der Waals surface area contributed by atoms with E-state index in [1.807, 2.05) is 0 Å². The van der Waals surface area contributed by atoms with Crippen molar-refractivity contribution in [1.29, 1.82) is 0 Å². The predicted molar refractivity (Wildman–Crippen MR) is 117 cm³/mol. The van der Waals surface area contributed by atoms with Gasteiger partial charge < -0.3 is 24.2 Å². The molecule has 3 rings (SSSR count). The molecule has 1 aliphatic heterocycles. The Labute approximate surface area is 185 Å². The Bertz CT molecular complexity index is 1020. The van der Waals surface area contributed by atoms with Crippen molar-refractivity contribution in [2.75, 3.05) is 34.5 Å². The third-order valence-electron chi connectivity index (χ3n) is 5.11. The Morgan fingerprint density at radius 2 is 1.81 bits per heavy atom. The van der Waals surface area contributed by atoms with Gasteiger partial charge in [0, 0.05) is 30.8 Å². The number of aliphatic hydroxyl groups is 1. The van der Waals surface area contributed by atoms with Crippen LogP contribution >= 0.6 is 11.6 Å². The molecule has 0 radical (unpaired) electrons. The van der Waals surface area contributed by atoms with Crippen molar-refractivity contribution in [3.05, 3.63) is 64.2 Å². The van der Waals surface area contributed by atoms with Gasteiger partial charge in [-0.25, -0.2) is 0 Å². The zero-order valence-corrected chi connectivity index (χ0v) is 18.3. The molecule has 1 saturated heterocycles. The van der Waals surface area contributed by atoms with E-state index in [0.29, 0.717) is 40.7 Å². The second kappa shape index (κ2) is 9.85. The van der Waals surface area contributed by atoms with E-state index >= 15 is 0 Å². The fourth-order valence-corrected chi connectivity index (χ4v) is 3.84. The van der Waals surface area contributed by atoms with E-state index in [1.165, 1.54) is 19.1 Å². The van der Waals surface area contributed by atoms with E-state index in [0.717, 1.165) is 0 Å². The highest BCUT2D eigenvalue weighted by molar-refractivity contribution is 6.46. The van der Waals surface area contributed by atoms with Gasteiger partial charge in [-0.15, -0.1) is 0 Å². The molecule has 1 fully saturated rings. The Balaban J connectivity index is 2.17. The molecule has 7 nitrogen and oxygen atoms in total. The van der Waals surface area contributed by atoms with Crippen molar-refractivity contribution in [3.8, 4) is 11.5 Å². The molecule has 0 aliphatic carbocycles. The maximum absolute atomic E-state index is 13.0. The molecular weight excluding hydrogens is 422 g/mol.